The molecule has 1 aliphatic rings. The van der Waals surface area contributed by atoms with Gasteiger partial charge in [0.15, 0.2) is 5.60 Å². The zero-order chi connectivity index (χ0) is 15.5. The van der Waals surface area contributed by atoms with E-state index in [4.69, 9.17) is 5.11 Å². The first-order valence-electron chi connectivity index (χ1n) is 6.47. The number of aliphatic hydroxyl groups is 1. The first-order chi connectivity index (χ1) is 9.90. The van der Waals surface area contributed by atoms with Crippen molar-refractivity contribution in [2.24, 2.45) is 0 Å². The number of hydrogen-bond acceptors (Lipinski definition) is 5. The van der Waals surface area contributed by atoms with Crippen molar-refractivity contribution in [3.8, 4) is 0 Å². The van der Waals surface area contributed by atoms with Gasteiger partial charge < -0.3 is 15.5 Å². The van der Waals surface area contributed by atoms with E-state index in [-0.39, 0.29) is 6.54 Å². The van der Waals surface area contributed by atoms with Gasteiger partial charge in [0.2, 0.25) is 0 Å². The topological polar surface area (TPSA) is 86.6 Å². The Bertz CT molecular complexity index is 524. The zero-order valence-corrected chi connectivity index (χ0v) is 13.2. The van der Waals surface area contributed by atoms with E-state index in [2.05, 4.69) is 5.32 Å². The molecule has 21 heavy (non-hydrogen) atoms. The zero-order valence-electron chi connectivity index (χ0n) is 11.5. The fourth-order valence-electron chi connectivity index (χ4n) is 1.77. The van der Waals surface area contributed by atoms with Crippen molar-refractivity contribution < 1.29 is 19.8 Å². The minimum Gasteiger partial charge on any atom is -0.479 e. The molecule has 0 bridgehead atoms. The molecule has 114 valence electrons. The van der Waals surface area contributed by atoms with Gasteiger partial charge in [0.05, 0.1) is 11.1 Å². The summed E-state index contributed by atoms with van der Waals surface area (Å²) in [5, 5.41) is 20.8. The van der Waals surface area contributed by atoms with Crippen LogP contribution >= 0.6 is 23.5 Å². The van der Waals surface area contributed by atoms with Gasteiger partial charge in [-0.15, -0.1) is 23.5 Å². The number of carboxylic acids is 1. The highest BCUT2D eigenvalue weighted by atomic mass is 32.2. The highest BCUT2D eigenvalue weighted by Gasteiger charge is 2.30. The van der Waals surface area contributed by atoms with E-state index >= 15 is 0 Å². The maximum atomic E-state index is 11.9. The summed E-state index contributed by atoms with van der Waals surface area (Å²) < 4.78 is 0.426. The minimum absolute atomic E-state index is 0.336. The molecule has 1 saturated heterocycles. The summed E-state index contributed by atoms with van der Waals surface area (Å²) in [5.41, 5.74) is -0.336. The molecule has 2 rings (SSSR count). The average Bonchev–Trinajstić information content (AvgIpc) is 2.99. The highest BCUT2D eigenvalue weighted by Crippen LogP contribution is 2.45. The second-order valence-electron chi connectivity index (χ2n) is 4.96. The first kappa shape index (κ1) is 16.2. The molecule has 1 aliphatic heterocycles. The molecule has 0 aromatic heterocycles. The van der Waals surface area contributed by atoms with Crippen LogP contribution in [-0.2, 0) is 4.79 Å². The highest BCUT2D eigenvalue weighted by molar-refractivity contribution is 8.19. The van der Waals surface area contributed by atoms with Gasteiger partial charge in [0.1, 0.15) is 0 Å². The third-order valence-corrected chi connectivity index (χ3v) is 6.23. The van der Waals surface area contributed by atoms with Gasteiger partial charge in [-0.05, 0) is 24.6 Å². The van der Waals surface area contributed by atoms with Crippen molar-refractivity contribution in [2.75, 3.05) is 18.1 Å². The summed E-state index contributed by atoms with van der Waals surface area (Å²) in [6.45, 7) is 0.810. The van der Waals surface area contributed by atoms with Gasteiger partial charge in [-0.25, -0.2) is 4.79 Å². The van der Waals surface area contributed by atoms with Gasteiger partial charge in [-0.1, -0.05) is 12.1 Å². The largest absolute Gasteiger partial charge is 0.479 e. The second-order valence-corrected chi connectivity index (χ2v) is 7.68. The van der Waals surface area contributed by atoms with Crippen LogP contribution in [0.2, 0.25) is 0 Å². The summed E-state index contributed by atoms with van der Waals surface area (Å²) >= 11 is 3.78. The molecular formula is C14H17NO4S2. The number of hydrogen-bond donors (Lipinski definition) is 3. The lowest BCUT2D eigenvalue weighted by molar-refractivity contribution is -0.155. The third-order valence-electron chi connectivity index (χ3n) is 3.12. The molecule has 7 heteroatoms. The summed E-state index contributed by atoms with van der Waals surface area (Å²) in [6.07, 6.45) is 0. The van der Waals surface area contributed by atoms with Crippen LogP contribution in [0.5, 0.6) is 0 Å². The van der Waals surface area contributed by atoms with Crippen LogP contribution in [0.4, 0.5) is 0 Å². The van der Waals surface area contributed by atoms with Crippen molar-refractivity contribution in [3.05, 3.63) is 35.4 Å². The molecule has 0 aliphatic carbocycles. The number of amides is 1. The monoisotopic (exact) mass is 327 g/mol. The van der Waals surface area contributed by atoms with Gasteiger partial charge >= 0.3 is 5.97 Å². The molecule has 0 saturated carbocycles. The van der Waals surface area contributed by atoms with Crippen LogP contribution in [0.15, 0.2) is 24.3 Å². The fourth-order valence-corrected chi connectivity index (χ4v) is 4.63. The second kappa shape index (κ2) is 6.72. The molecule has 1 fully saturated rings. The Morgan fingerprint density at radius 3 is 2.38 bits per heavy atom. The van der Waals surface area contributed by atoms with E-state index in [1.807, 2.05) is 35.7 Å². The molecule has 0 radical (unpaired) electrons. The Balaban J connectivity index is 1.95. The van der Waals surface area contributed by atoms with Crippen molar-refractivity contribution in [1.29, 1.82) is 0 Å². The quantitative estimate of drug-likeness (QED) is 0.763. The van der Waals surface area contributed by atoms with E-state index in [0.29, 0.717) is 10.1 Å². The van der Waals surface area contributed by atoms with Gasteiger partial charge in [-0.3, -0.25) is 4.79 Å². The number of carbonyl (C=O) groups excluding carboxylic acids is 1. The van der Waals surface area contributed by atoms with Crippen molar-refractivity contribution in [1.82, 2.24) is 5.32 Å². The molecule has 3 N–H and O–H groups in total. The maximum Gasteiger partial charge on any atom is 0.337 e. The number of nitrogens with one attached hydrogen (secondary N) is 1. The molecule has 1 amide bonds. The Labute approximate surface area is 131 Å². The van der Waals surface area contributed by atoms with Crippen molar-refractivity contribution in [2.45, 2.75) is 17.1 Å². The van der Waals surface area contributed by atoms with Gasteiger partial charge in [0.25, 0.3) is 5.91 Å². The molecule has 5 nitrogen and oxygen atoms in total. The maximum absolute atomic E-state index is 11.9. The van der Waals surface area contributed by atoms with E-state index in [9.17, 15) is 14.7 Å². The standard InChI is InChI=1S/C14H17NO4S2/c1-14(19,13(17)18)8-15-11(16)9-2-4-10(5-3-9)12-20-6-7-21-12/h2-5,12,19H,6-8H2,1H3,(H,15,16)(H,17,18). The van der Waals surface area contributed by atoms with Crippen LogP contribution in [0.1, 0.15) is 27.4 Å². The average molecular weight is 327 g/mol. The number of aliphatic carboxylic acids is 1. The molecule has 1 atom stereocenters. The summed E-state index contributed by atoms with van der Waals surface area (Å²) in [6, 6.07) is 7.28. The van der Waals surface area contributed by atoms with E-state index in [1.165, 1.54) is 5.56 Å². The summed E-state index contributed by atoms with van der Waals surface area (Å²) in [5.74, 6) is 0.521. The molecule has 1 unspecified atom stereocenters. The van der Waals surface area contributed by atoms with Crippen LogP contribution in [0.3, 0.4) is 0 Å². The Morgan fingerprint density at radius 1 is 1.29 bits per heavy atom. The van der Waals surface area contributed by atoms with Crippen LogP contribution in [0.25, 0.3) is 0 Å². The predicted molar refractivity (Wildman–Crippen MR) is 84.7 cm³/mol. The summed E-state index contributed by atoms with van der Waals surface area (Å²) in [7, 11) is 0. The lowest BCUT2D eigenvalue weighted by Gasteiger charge is -2.18. The molecule has 0 spiro atoms. The van der Waals surface area contributed by atoms with E-state index in [1.54, 1.807) is 12.1 Å². The number of carboxylic acid groups (broad SMARTS) is 1. The number of rotatable bonds is 5. The predicted octanol–water partition coefficient (Wildman–Crippen LogP) is 1.73. The lowest BCUT2D eigenvalue weighted by atomic mass is 10.1. The van der Waals surface area contributed by atoms with Crippen molar-refractivity contribution in [3.63, 3.8) is 0 Å². The molecule has 1 aromatic rings. The smallest absolute Gasteiger partial charge is 0.337 e. The summed E-state index contributed by atoms with van der Waals surface area (Å²) in [4.78, 5) is 22.7. The SMILES string of the molecule is CC(O)(CNC(=O)c1ccc(C2SCCS2)cc1)C(=O)O. The molecule has 1 aromatic carbocycles. The van der Waals surface area contributed by atoms with Crippen LogP contribution < -0.4 is 5.32 Å². The Morgan fingerprint density at radius 2 is 1.86 bits per heavy atom. The van der Waals surface area contributed by atoms with E-state index in [0.717, 1.165) is 18.4 Å². The third kappa shape index (κ3) is 4.15. The van der Waals surface area contributed by atoms with Crippen LogP contribution in [0, 0.1) is 0 Å². The minimum atomic E-state index is -1.97. The Hall–Kier alpha value is -1.18. The fraction of sp³-hybridized carbons (Fsp3) is 0.429. The van der Waals surface area contributed by atoms with Gasteiger partial charge in [-0.2, -0.15) is 0 Å². The molecular weight excluding hydrogens is 310 g/mol. The Kier molecular flexibility index (Phi) is 5.18. The van der Waals surface area contributed by atoms with E-state index < -0.39 is 17.5 Å². The normalized spacial score (nSPS) is 18.2. The van der Waals surface area contributed by atoms with Crippen molar-refractivity contribution >= 4 is 35.4 Å². The lowest BCUT2D eigenvalue weighted by Crippen LogP contribution is -2.46. The number of carbonyl (C=O) groups is 2. The molecule has 1 heterocycles. The first-order valence-corrected chi connectivity index (χ1v) is 8.57. The van der Waals surface area contributed by atoms with Gasteiger partial charge in [0, 0.05) is 17.1 Å². The number of benzene rings is 1. The van der Waals surface area contributed by atoms with Crippen LogP contribution in [-0.4, -0.2) is 45.7 Å². The number of thioether (sulfide) groups is 2.